The third kappa shape index (κ3) is 2.72. The first kappa shape index (κ1) is 19.1. The number of allylic oxidation sites excluding steroid dienone is 2. The van der Waals surface area contributed by atoms with Crippen molar-refractivity contribution in [2.24, 2.45) is 23.7 Å². The van der Waals surface area contributed by atoms with Crippen LogP contribution >= 0.6 is 11.6 Å². The van der Waals surface area contributed by atoms with Crippen LogP contribution in [0.1, 0.15) is 29.3 Å². The number of fused-ring (bicyclic) bond motifs is 5. The largest absolute Gasteiger partial charge is 0.322 e. The minimum absolute atomic E-state index is 0.145. The zero-order valence-corrected chi connectivity index (χ0v) is 17.4. The monoisotopic (exact) mass is 420 g/mol. The van der Waals surface area contributed by atoms with E-state index in [-0.39, 0.29) is 41.4 Å². The summed E-state index contributed by atoms with van der Waals surface area (Å²) in [6, 6.07) is 12.0. The van der Waals surface area contributed by atoms with Gasteiger partial charge in [0.25, 0.3) is 5.91 Å². The highest BCUT2D eigenvalue weighted by atomic mass is 35.5. The van der Waals surface area contributed by atoms with E-state index < -0.39 is 0 Å². The molecule has 1 aliphatic heterocycles. The highest BCUT2D eigenvalue weighted by molar-refractivity contribution is 6.31. The lowest BCUT2D eigenvalue weighted by atomic mass is 9.82. The van der Waals surface area contributed by atoms with Gasteiger partial charge in [0.1, 0.15) is 0 Å². The number of benzene rings is 2. The molecule has 1 N–H and O–H groups in total. The molecule has 2 aromatic rings. The number of nitrogens with zero attached hydrogens (tertiary/aromatic N) is 1. The first-order valence-electron chi connectivity index (χ1n) is 10.1. The van der Waals surface area contributed by atoms with Gasteiger partial charge in [0.05, 0.1) is 17.5 Å². The molecule has 0 radical (unpaired) electrons. The summed E-state index contributed by atoms with van der Waals surface area (Å²) in [5, 5.41) is 3.43. The Balaban J connectivity index is 1.42. The lowest BCUT2D eigenvalue weighted by molar-refractivity contribution is -0.123. The van der Waals surface area contributed by atoms with Crippen molar-refractivity contribution in [3.8, 4) is 0 Å². The smallest absolute Gasteiger partial charge is 0.255 e. The second-order valence-electron chi connectivity index (χ2n) is 8.40. The van der Waals surface area contributed by atoms with E-state index >= 15 is 0 Å². The van der Waals surface area contributed by atoms with Crippen molar-refractivity contribution in [2.45, 2.75) is 20.3 Å². The molecule has 2 fully saturated rings. The van der Waals surface area contributed by atoms with Crippen LogP contribution in [-0.2, 0) is 9.59 Å². The third-order valence-corrected chi connectivity index (χ3v) is 7.17. The molecule has 0 unspecified atom stereocenters. The standard InChI is InChI=1S/C24H21ClN2O3/c1-12-9-15-11-17(12)21-20(15)23(29)27(24(21)30)16-6-3-5-14(10-16)22(28)26-19-8-4-7-18(25)13(19)2/h3-10,15,17,20-21H,11H2,1-2H3,(H,26,28)/t15-,17+,20+,21+/m1/s1. The number of amides is 3. The predicted molar refractivity (Wildman–Crippen MR) is 115 cm³/mol. The van der Waals surface area contributed by atoms with Gasteiger partial charge in [-0.25, -0.2) is 4.90 Å². The molecule has 2 aromatic carbocycles. The number of carbonyl (C=O) groups is 3. The van der Waals surface area contributed by atoms with Crippen molar-refractivity contribution in [3.05, 3.63) is 70.3 Å². The Hall–Kier alpha value is -2.92. The summed E-state index contributed by atoms with van der Waals surface area (Å²) in [4.78, 5) is 40.3. The van der Waals surface area contributed by atoms with Gasteiger partial charge in [-0.05, 0) is 68.0 Å². The van der Waals surface area contributed by atoms with Crippen molar-refractivity contribution < 1.29 is 14.4 Å². The van der Waals surface area contributed by atoms with Gasteiger partial charge in [0, 0.05) is 16.3 Å². The van der Waals surface area contributed by atoms with E-state index in [1.807, 2.05) is 13.8 Å². The maximum absolute atomic E-state index is 13.2. The Bertz CT molecular complexity index is 1140. The van der Waals surface area contributed by atoms with E-state index in [4.69, 9.17) is 11.6 Å². The van der Waals surface area contributed by atoms with Crippen LogP contribution < -0.4 is 10.2 Å². The average Bonchev–Trinajstić information content (AvgIpc) is 3.36. The second-order valence-corrected chi connectivity index (χ2v) is 8.80. The van der Waals surface area contributed by atoms with Gasteiger partial charge >= 0.3 is 0 Å². The number of carbonyl (C=O) groups excluding carboxylic acids is 3. The normalized spacial score (nSPS) is 26.8. The number of anilines is 2. The van der Waals surface area contributed by atoms with Crippen LogP contribution in [0, 0.1) is 30.6 Å². The fourth-order valence-electron chi connectivity index (χ4n) is 5.25. The first-order valence-corrected chi connectivity index (χ1v) is 10.5. The fourth-order valence-corrected chi connectivity index (χ4v) is 5.43. The average molecular weight is 421 g/mol. The van der Waals surface area contributed by atoms with Crippen LogP contribution in [-0.4, -0.2) is 17.7 Å². The number of imide groups is 1. The van der Waals surface area contributed by atoms with E-state index in [0.29, 0.717) is 22.0 Å². The molecule has 6 heteroatoms. The quantitative estimate of drug-likeness (QED) is 0.582. The topological polar surface area (TPSA) is 66.5 Å². The van der Waals surface area contributed by atoms with Gasteiger partial charge < -0.3 is 5.32 Å². The lowest BCUT2D eigenvalue weighted by Gasteiger charge is -2.19. The van der Waals surface area contributed by atoms with E-state index in [2.05, 4.69) is 11.4 Å². The number of hydrogen-bond acceptors (Lipinski definition) is 3. The van der Waals surface area contributed by atoms with Gasteiger partial charge in [0.2, 0.25) is 11.8 Å². The summed E-state index contributed by atoms with van der Waals surface area (Å²) in [6.45, 7) is 3.88. The molecule has 0 aromatic heterocycles. The minimum atomic E-state index is -0.320. The minimum Gasteiger partial charge on any atom is -0.322 e. The third-order valence-electron chi connectivity index (χ3n) is 6.76. The molecule has 5 rings (SSSR count). The van der Waals surface area contributed by atoms with Gasteiger partial charge in [-0.1, -0.05) is 35.4 Å². The summed E-state index contributed by atoms with van der Waals surface area (Å²) in [7, 11) is 0. The zero-order valence-electron chi connectivity index (χ0n) is 16.7. The van der Waals surface area contributed by atoms with Crippen molar-refractivity contribution in [1.82, 2.24) is 0 Å². The summed E-state index contributed by atoms with van der Waals surface area (Å²) in [5.74, 6) is -0.828. The van der Waals surface area contributed by atoms with Crippen LogP contribution in [0.15, 0.2) is 54.1 Å². The molecule has 5 nitrogen and oxygen atoms in total. The summed E-state index contributed by atoms with van der Waals surface area (Å²) >= 11 is 6.13. The van der Waals surface area contributed by atoms with E-state index in [1.54, 1.807) is 42.5 Å². The molecule has 2 aliphatic carbocycles. The van der Waals surface area contributed by atoms with Crippen LogP contribution in [0.25, 0.3) is 0 Å². The Morgan fingerprint density at radius 3 is 2.60 bits per heavy atom. The van der Waals surface area contributed by atoms with Gasteiger partial charge in [0.15, 0.2) is 0 Å². The van der Waals surface area contributed by atoms with Crippen molar-refractivity contribution >= 4 is 40.7 Å². The Kier molecular flexibility index (Phi) is 4.33. The summed E-state index contributed by atoms with van der Waals surface area (Å²) in [5.41, 5.74) is 3.45. The van der Waals surface area contributed by atoms with Crippen LogP contribution in [0.3, 0.4) is 0 Å². The SMILES string of the molecule is CC1=C[C@@H]2C[C@@H]1[C@@H]1C(=O)N(c3cccc(C(=O)Nc4cccc(Cl)c4C)c3)C(=O)[C@H]12. The highest BCUT2D eigenvalue weighted by Crippen LogP contribution is 2.55. The summed E-state index contributed by atoms with van der Waals surface area (Å²) in [6.07, 6.45) is 3.05. The maximum atomic E-state index is 13.2. The number of halogens is 1. The number of nitrogens with one attached hydrogen (secondary N) is 1. The van der Waals surface area contributed by atoms with Crippen molar-refractivity contribution in [1.29, 1.82) is 0 Å². The molecule has 3 aliphatic rings. The molecule has 3 amide bonds. The molecule has 30 heavy (non-hydrogen) atoms. The predicted octanol–water partition coefficient (Wildman–Crippen LogP) is 4.60. The van der Waals surface area contributed by atoms with Gasteiger partial charge in [-0.15, -0.1) is 0 Å². The van der Waals surface area contributed by atoms with Crippen LogP contribution in [0.4, 0.5) is 11.4 Å². The molecule has 1 heterocycles. The first-order chi connectivity index (χ1) is 14.4. The van der Waals surface area contributed by atoms with Crippen molar-refractivity contribution in [3.63, 3.8) is 0 Å². The molecule has 1 saturated heterocycles. The summed E-state index contributed by atoms with van der Waals surface area (Å²) < 4.78 is 0. The molecule has 4 atom stereocenters. The molecule has 0 spiro atoms. The zero-order chi connectivity index (χ0) is 21.2. The lowest BCUT2D eigenvalue weighted by Crippen LogP contribution is -2.33. The molecular formula is C24H21ClN2O3. The number of hydrogen-bond donors (Lipinski definition) is 1. The molecule has 152 valence electrons. The van der Waals surface area contributed by atoms with E-state index in [0.717, 1.165) is 12.0 Å². The van der Waals surface area contributed by atoms with E-state index in [9.17, 15) is 14.4 Å². The van der Waals surface area contributed by atoms with Crippen molar-refractivity contribution in [2.75, 3.05) is 10.2 Å². The van der Waals surface area contributed by atoms with Crippen LogP contribution in [0.5, 0.6) is 0 Å². The van der Waals surface area contributed by atoms with Crippen LogP contribution in [0.2, 0.25) is 5.02 Å². The Morgan fingerprint density at radius 2 is 1.80 bits per heavy atom. The maximum Gasteiger partial charge on any atom is 0.255 e. The second kappa shape index (κ2) is 6.81. The number of rotatable bonds is 3. The fraction of sp³-hybridized carbons (Fsp3) is 0.292. The highest BCUT2D eigenvalue weighted by Gasteiger charge is 2.60. The Morgan fingerprint density at radius 1 is 1.07 bits per heavy atom. The molecule has 1 saturated carbocycles. The molecule has 2 bridgehead atoms. The molecular weight excluding hydrogens is 400 g/mol. The van der Waals surface area contributed by atoms with Gasteiger partial charge in [-0.2, -0.15) is 0 Å². The van der Waals surface area contributed by atoms with E-state index in [1.165, 1.54) is 10.5 Å². The van der Waals surface area contributed by atoms with Gasteiger partial charge in [-0.3, -0.25) is 14.4 Å². The Labute approximate surface area is 179 Å².